The smallest absolute Gasteiger partial charge is 0.273 e. The van der Waals surface area contributed by atoms with Gasteiger partial charge >= 0.3 is 0 Å². The number of carbonyl (C=O) groups excluding carboxylic acids is 2. The van der Waals surface area contributed by atoms with Crippen LogP contribution in [0.15, 0.2) is 82.4 Å². The van der Waals surface area contributed by atoms with Gasteiger partial charge in [0.25, 0.3) is 11.8 Å². The molecule has 0 unspecified atom stereocenters. The van der Waals surface area contributed by atoms with E-state index in [-0.39, 0.29) is 5.91 Å². The minimum absolute atomic E-state index is 0.308. The molecule has 29 heavy (non-hydrogen) atoms. The van der Waals surface area contributed by atoms with Crippen LogP contribution < -0.4 is 15.5 Å². The number of nitrogens with one attached hydrogen (secondary N) is 2. The zero-order valence-corrected chi connectivity index (χ0v) is 17.1. The predicted octanol–water partition coefficient (Wildman–Crippen LogP) is 4.47. The van der Waals surface area contributed by atoms with Crippen molar-refractivity contribution >= 4 is 39.6 Å². The maximum atomic E-state index is 12.5. The maximum absolute atomic E-state index is 12.5. The first-order chi connectivity index (χ1) is 14.1. The van der Waals surface area contributed by atoms with Crippen LogP contribution in [0.4, 0.5) is 5.69 Å². The van der Waals surface area contributed by atoms with Gasteiger partial charge in [-0.1, -0.05) is 40.2 Å². The van der Waals surface area contributed by atoms with Gasteiger partial charge in [0.05, 0.1) is 24.6 Å². The molecule has 0 aromatic heterocycles. The van der Waals surface area contributed by atoms with Crippen LogP contribution in [0.25, 0.3) is 0 Å². The van der Waals surface area contributed by atoms with E-state index in [9.17, 15) is 9.59 Å². The Kier molecular flexibility index (Phi) is 6.76. The van der Waals surface area contributed by atoms with E-state index in [0.29, 0.717) is 22.6 Å². The largest absolute Gasteiger partial charge is 0.497 e. The molecule has 3 rings (SSSR count). The zero-order valence-electron chi connectivity index (χ0n) is 15.6. The number of carbonyl (C=O) groups is 2. The normalized spacial score (nSPS) is 10.6. The number of nitrogens with zero attached hydrogens (tertiary/aromatic N) is 1. The third-order valence-electron chi connectivity index (χ3n) is 4.02. The van der Waals surface area contributed by atoms with Crippen LogP contribution in [-0.2, 0) is 0 Å². The van der Waals surface area contributed by atoms with Gasteiger partial charge in [0.1, 0.15) is 5.75 Å². The highest BCUT2D eigenvalue weighted by atomic mass is 79.9. The van der Waals surface area contributed by atoms with Gasteiger partial charge in [-0.25, -0.2) is 5.43 Å². The Morgan fingerprint density at radius 1 is 0.931 bits per heavy atom. The van der Waals surface area contributed by atoms with E-state index in [1.807, 2.05) is 24.3 Å². The Morgan fingerprint density at radius 3 is 2.31 bits per heavy atom. The summed E-state index contributed by atoms with van der Waals surface area (Å²) < 4.78 is 6.05. The average Bonchev–Trinajstić information content (AvgIpc) is 2.75. The maximum Gasteiger partial charge on any atom is 0.273 e. The van der Waals surface area contributed by atoms with Crippen molar-refractivity contribution in [2.24, 2.45) is 5.10 Å². The lowest BCUT2D eigenvalue weighted by Crippen LogP contribution is -2.21. The van der Waals surface area contributed by atoms with Crippen LogP contribution in [0.5, 0.6) is 5.75 Å². The number of hydrazone groups is 1. The minimum atomic E-state index is -0.427. The van der Waals surface area contributed by atoms with Gasteiger partial charge in [-0.15, -0.1) is 0 Å². The Bertz CT molecular complexity index is 1030. The van der Waals surface area contributed by atoms with Gasteiger partial charge in [-0.3, -0.25) is 9.59 Å². The number of benzene rings is 3. The molecule has 2 amide bonds. The van der Waals surface area contributed by atoms with Crippen molar-refractivity contribution in [2.45, 2.75) is 0 Å². The highest BCUT2D eigenvalue weighted by molar-refractivity contribution is 9.10. The van der Waals surface area contributed by atoms with Crippen molar-refractivity contribution in [1.29, 1.82) is 0 Å². The second-order valence-electron chi connectivity index (χ2n) is 5.98. The van der Waals surface area contributed by atoms with E-state index < -0.39 is 5.91 Å². The lowest BCUT2D eigenvalue weighted by atomic mass is 10.1. The summed E-state index contributed by atoms with van der Waals surface area (Å²) in [5, 5.41) is 6.74. The summed E-state index contributed by atoms with van der Waals surface area (Å²) in [5.41, 5.74) is 4.48. The molecular weight excluding hydrogens is 434 g/mol. The SMILES string of the molecule is COc1ccc(C(=O)Nc2ccccc2C(=O)N/N=C/c2ccc(Br)cc2)cc1. The van der Waals surface area contributed by atoms with E-state index >= 15 is 0 Å². The first-order valence-corrected chi connectivity index (χ1v) is 9.49. The molecule has 0 aliphatic rings. The number of anilines is 1. The molecule has 3 aromatic rings. The molecule has 7 heteroatoms. The van der Waals surface area contributed by atoms with Crippen molar-refractivity contribution in [1.82, 2.24) is 5.43 Å². The van der Waals surface area contributed by atoms with E-state index in [1.54, 1.807) is 61.9 Å². The first kappa shape index (κ1) is 20.3. The van der Waals surface area contributed by atoms with E-state index in [2.05, 4.69) is 31.8 Å². The molecule has 0 spiro atoms. The predicted molar refractivity (Wildman–Crippen MR) is 117 cm³/mol. The van der Waals surface area contributed by atoms with Gasteiger partial charge in [-0.2, -0.15) is 5.10 Å². The van der Waals surface area contributed by atoms with Crippen molar-refractivity contribution in [2.75, 3.05) is 12.4 Å². The Morgan fingerprint density at radius 2 is 1.62 bits per heavy atom. The number of amides is 2. The number of ether oxygens (including phenoxy) is 1. The molecular formula is C22H18BrN3O3. The first-order valence-electron chi connectivity index (χ1n) is 8.70. The summed E-state index contributed by atoms with van der Waals surface area (Å²) in [6.07, 6.45) is 1.54. The third kappa shape index (κ3) is 5.52. The fourth-order valence-electron chi connectivity index (χ4n) is 2.50. The second-order valence-corrected chi connectivity index (χ2v) is 6.89. The topological polar surface area (TPSA) is 79.8 Å². The van der Waals surface area contributed by atoms with Gasteiger partial charge in [0, 0.05) is 10.0 Å². The highest BCUT2D eigenvalue weighted by Gasteiger charge is 2.13. The lowest BCUT2D eigenvalue weighted by molar-refractivity contribution is 0.0956. The summed E-state index contributed by atoms with van der Waals surface area (Å²) in [4.78, 5) is 25.0. The molecule has 0 bridgehead atoms. The molecule has 0 heterocycles. The van der Waals surface area contributed by atoms with Crippen LogP contribution >= 0.6 is 15.9 Å². The molecule has 0 saturated heterocycles. The Labute approximate surface area is 176 Å². The summed E-state index contributed by atoms with van der Waals surface area (Å²) in [6.45, 7) is 0. The van der Waals surface area contributed by atoms with Crippen LogP contribution in [-0.4, -0.2) is 25.1 Å². The van der Waals surface area contributed by atoms with Crippen molar-refractivity contribution in [3.05, 3.63) is 94.0 Å². The molecule has 3 aromatic carbocycles. The van der Waals surface area contributed by atoms with Gasteiger partial charge in [-0.05, 0) is 54.1 Å². The van der Waals surface area contributed by atoms with Gasteiger partial charge in [0.15, 0.2) is 0 Å². The minimum Gasteiger partial charge on any atom is -0.497 e. The summed E-state index contributed by atoms with van der Waals surface area (Å²) in [5.74, 6) is -0.0970. The summed E-state index contributed by atoms with van der Waals surface area (Å²) in [6, 6.07) is 20.9. The fraction of sp³-hybridized carbons (Fsp3) is 0.0455. The molecule has 0 saturated carbocycles. The van der Waals surface area contributed by atoms with Crippen LogP contribution in [0, 0.1) is 0 Å². The number of hydrogen-bond acceptors (Lipinski definition) is 4. The molecule has 0 fully saturated rings. The quantitative estimate of drug-likeness (QED) is 0.428. The van der Waals surface area contributed by atoms with Crippen molar-refractivity contribution in [3.63, 3.8) is 0 Å². The number of halogens is 1. The van der Waals surface area contributed by atoms with Gasteiger partial charge in [0.2, 0.25) is 0 Å². The monoisotopic (exact) mass is 451 g/mol. The summed E-state index contributed by atoms with van der Waals surface area (Å²) in [7, 11) is 1.56. The summed E-state index contributed by atoms with van der Waals surface area (Å²) >= 11 is 3.36. The van der Waals surface area contributed by atoms with Crippen molar-refractivity contribution < 1.29 is 14.3 Å². The van der Waals surface area contributed by atoms with Crippen LogP contribution in [0.3, 0.4) is 0 Å². The van der Waals surface area contributed by atoms with Crippen LogP contribution in [0.1, 0.15) is 26.3 Å². The molecule has 0 aliphatic heterocycles. The van der Waals surface area contributed by atoms with Gasteiger partial charge < -0.3 is 10.1 Å². The zero-order chi connectivity index (χ0) is 20.6. The van der Waals surface area contributed by atoms with Crippen molar-refractivity contribution in [3.8, 4) is 5.75 Å². The van der Waals surface area contributed by atoms with E-state index in [0.717, 1.165) is 10.0 Å². The molecule has 0 aliphatic carbocycles. The molecule has 2 N–H and O–H groups in total. The number of methoxy groups -OCH3 is 1. The second kappa shape index (κ2) is 9.66. The highest BCUT2D eigenvalue weighted by Crippen LogP contribution is 2.18. The third-order valence-corrected chi connectivity index (χ3v) is 4.55. The van der Waals surface area contributed by atoms with Crippen LogP contribution in [0.2, 0.25) is 0 Å². The molecule has 6 nitrogen and oxygen atoms in total. The fourth-order valence-corrected chi connectivity index (χ4v) is 2.77. The average molecular weight is 452 g/mol. The van der Waals surface area contributed by atoms with E-state index in [4.69, 9.17) is 4.74 Å². The molecule has 146 valence electrons. The number of para-hydroxylation sites is 1. The lowest BCUT2D eigenvalue weighted by Gasteiger charge is -2.10. The number of hydrogen-bond donors (Lipinski definition) is 2. The number of rotatable bonds is 6. The Hall–Kier alpha value is -3.45. The molecule has 0 radical (unpaired) electrons. The standard InChI is InChI=1S/C22H18BrN3O3/c1-29-18-12-8-16(9-13-18)21(27)25-20-5-3-2-4-19(20)22(28)26-24-14-15-6-10-17(23)11-7-15/h2-14H,1H3,(H,25,27)(H,26,28)/b24-14+. The molecule has 0 atom stereocenters. The van der Waals surface area contributed by atoms with E-state index in [1.165, 1.54) is 0 Å². The Balaban J connectivity index is 1.69.